The number of rotatable bonds is 1. The SMILES string of the molecule is [C-]#[N+]C1=C[C@]2(C)C[C@@H](N(C)C)CC[C@H]2C(C)(C)C1=O. The summed E-state index contributed by atoms with van der Waals surface area (Å²) in [6.07, 6.45) is 5.22. The van der Waals surface area contributed by atoms with Gasteiger partial charge in [-0.1, -0.05) is 26.8 Å². The predicted octanol–water partition coefficient (Wildman–Crippen LogP) is 3.14. The van der Waals surface area contributed by atoms with Crippen molar-refractivity contribution in [2.24, 2.45) is 16.7 Å². The first kappa shape index (κ1) is 14.3. The van der Waals surface area contributed by atoms with Crippen molar-refractivity contribution in [3.8, 4) is 0 Å². The van der Waals surface area contributed by atoms with Gasteiger partial charge in [-0.05, 0) is 44.7 Å². The Bertz CT molecular complexity index is 470. The zero-order valence-electron chi connectivity index (χ0n) is 12.7. The molecule has 0 radical (unpaired) electrons. The molecule has 0 unspecified atom stereocenters. The third-order valence-corrected chi connectivity index (χ3v) is 5.27. The number of hydrogen-bond acceptors (Lipinski definition) is 2. The van der Waals surface area contributed by atoms with Gasteiger partial charge in [-0.25, -0.2) is 4.85 Å². The lowest BCUT2D eigenvalue weighted by Gasteiger charge is -2.53. The zero-order chi connectivity index (χ0) is 14.4. The second-order valence-corrected chi connectivity index (χ2v) is 7.15. The average molecular weight is 260 g/mol. The summed E-state index contributed by atoms with van der Waals surface area (Å²) in [4.78, 5) is 18.2. The Morgan fingerprint density at radius 3 is 2.47 bits per heavy atom. The van der Waals surface area contributed by atoms with Crippen LogP contribution >= 0.6 is 0 Å². The van der Waals surface area contributed by atoms with E-state index in [-0.39, 0.29) is 11.2 Å². The van der Waals surface area contributed by atoms with Gasteiger partial charge in [0.1, 0.15) is 0 Å². The molecule has 1 saturated carbocycles. The summed E-state index contributed by atoms with van der Waals surface area (Å²) in [6.45, 7) is 13.5. The van der Waals surface area contributed by atoms with E-state index in [1.807, 2.05) is 19.9 Å². The molecule has 0 bridgehead atoms. The van der Waals surface area contributed by atoms with E-state index in [1.165, 1.54) is 0 Å². The van der Waals surface area contributed by atoms with E-state index in [0.29, 0.717) is 17.7 Å². The van der Waals surface area contributed by atoms with Crippen LogP contribution in [0.5, 0.6) is 0 Å². The topological polar surface area (TPSA) is 24.7 Å². The Balaban J connectivity index is 2.44. The molecule has 0 N–H and O–H groups in total. The minimum absolute atomic E-state index is 0.0233. The van der Waals surface area contributed by atoms with Crippen LogP contribution < -0.4 is 0 Å². The standard InChI is InChI=1S/C16H24N2O/c1-15(2)13-8-7-11(18(5)6)9-16(13,3)10-12(17-4)14(15)19/h10-11,13H,7-9H2,1-3,5-6H3/t11-,13-,16-/m0/s1. The summed E-state index contributed by atoms with van der Waals surface area (Å²) in [7, 11) is 4.24. The van der Waals surface area contributed by atoms with Crippen LogP contribution in [0.15, 0.2) is 11.8 Å². The first-order valence-electron chi connectivity index (χ1n) is 7.04. The molecule has 2 rings (SSSR count). The molecule has 0 spiro atoms. The lowest BCUT2D eigenvalue weighted by molar-refractivity contribution is -0.131. The van der Waals surface area contributed by atoms with Gasteiger partial charge in [-0.2, -0.15) is 0 Å². The van der Waals surface area contributed by atoms with Crippen LogP contribution in [0.2, 0.25) is 0 Å². The molecule has 0 amide bonds. The highest BCUT2D eigenvalue weighted by molar-refractivity contribution is 6.02. The van der Waals surface area contributed by atoms with Gasteiger partial charge in [0.2, 0.25) is 5.70 Å². The zero-order valence-corrected chi connectivity index (χ0v) is 12.7. The number of carbonyl (C=O) groups is 1. The van der Waals surface area contributed by atoms with Crippen LogP contribution in [-0.2, 0) is 4.79 Å². The van der Waals surface area contributed by atoms with Crippen molar-refractivity contribution in [3.05, 3.63) is 23.2 Å². The summed E-state index contributed by atoms with van der Waals surface area (Å²) in [5, 5.41) is 0. The molecule has 3 heteroatoms. The molecule has 3 atom stereocenters. The predicted molar refractivity (Wildman–Crippen MR) is 76.4 cm³/mol. The third kappa shape index (κ3) is 2.12. The number of nitrogens with zero attached hydrogens (tertiary/aromatic N) is 2. The van der Waals surface area contributed by atoms with Gasteiger partial charge in [0.15, 0.2) is 5.78 Å². The smallest absolute Gasteiger partial charge is 0.226 e. The summed E-state index contributed by atoms with van der Waals surface area (Å²) in [6, 6.07) is 0.550. The van der Waals surface area contributed by atoms with Crippen LogP contribution in [0, 0.1) is 23.3 Å². The molecule has 0 aliphatic heterocycles. The highest BCUT2D eigenvalue weighted by atomic mass is 16.1. The number of allylic oxidation sites excluding steroid dienone is 2. The Labute approximate surface area is 116 Å². The first-order valence-corrected chi connectivity index (χ1v) is 7.04. The molecule has 2 aliphatic carbocycles. The van der Waals surface area contributed by atoms with E-state index in [4.69, 9.17) is 6.57 Å². The van der Waals surface area contributed by atoms with Gasteiger partial charge in [-0.15, -0.1) is 0 Å². The van der Waals surface area contributed by atoms with E-state index in [0.717, 1.165) is 19.3 Å². The van der Waals surface area contributed by atoms with E-state index in [2.05, 4.69) is 30.8 Å². The van der Waals surface area contributed by atoms with E-state index in [1.54, 1.807) is 0 Å². The van der Waals surface area contributed by atoms with Crippen LogP contribution in [0.3, 0.4) is 0 Å². The number of fused-ring (bicyclic) bond motifs is 1. The maximum atomic E-state index is 12.4. The molecular weight excluding hydrogens is 236 g/mol. The maximum Gasteiger partial charge on any atom is 0.226 e. The molecule has 0 aromatic carbocycles. The Hall–Kier alpha value is -1.14. The summed E-state index contributed by atoms with van der Waals surface area (Å²) >= 11 is 0. The van der Waals surface area contributed by atoms with E-state index >= 15 is 0 Å². The quantitative estimate of drug-likeness (QED) is 0.677. The minimum Gasteiger partial charge on any atom is -0.307 e. The maximum absolute atomic E-state index is 12.4. The number of Topliss-reactive ketones (excluding diaryl/α,β-unsaturated/α-hetero) is 1. The van der Waals surface area contributed by atoms with Gasteiger partial charge < -0.3 is 9.69 Å². The summed E-state index contributed by atoms with van der Waals surface area (Å²) in [5.41, 5.74) is -0.0753. The van der Waals surface area contributed by atoms with Gasteiger partial charge in [0.05, 0.1) is 6.57 Å². The monoisotopic (exact) mass is 260 g/mol. The molecule has 0 saturated heterocycles. The second kappa shape index (κ2) is 4.45. The largest absolute Gasteiger partial charge is 0.307 e. The van der Waals surface area contributed by atoms with Gasteiger partial charge >= 0.3 is 0 Å². The van der Waals surface area contributed by atoms with Gasteiger partial charge in [0.25, 0.3) is 0 Å². The second-order valence-electron chi connectivity index (χ2n) is 7.15. The number of ketones is 1. The summed E-state index contributed by atoms with van der Waals surface area (Å²) in [5.74, 6) is 0.391. The van der Waals surface area contributed by atoms with Crippen molar-refractivity contribution >= 4 is 5.78 Å². The first-order chi connectivity index (χ1) is 8.72. The Morgan fingerprint density at radius 2 is 1.95 bits per heavy atom. The van der Waals surface area contributed by atoms with Gasteiger partial charge in [0, 0.05) is 11.5 Å². The van der Waals surface area contributed by atoms with Crippen LogP contribution in [0.4, 0.5) is 0 Å². The van der Waals surface area contributed by atoms with Crippen molar-refractivity contribution in [1.82, 2.24) is 4.90 Å². The average Bonchev–Trinajstić information content (AvgIpc) is 2.33. The highest BCUT2D eigenvalue weighted by Crippen LogP contribution is 2.55. The number of carbonyl (C=O) groups excluding carboxylic acids is 1. The van der Waals surface area contributed by atoms with Crippen molar-refractivity contribution in [2.45, 2.75) is 46.1 Å². The number of hydrogen-bond donors (Lipinski definition) is 0. The van der Waals surface area contributed by atoms with Crippen LogP contribution in [-0.4, -0.2) is 30.8 Å². The van der Waals surface area contributed by atoms with Crippen molar-refractivity contribution < 1.29 is 4.79 Å². The Kier molecular flexibility index (Phi) is 3.35. The molecule has 2 aliphatic rings. The lowest BCUT2D eigenvalue weighted by Crippen LogP contribution is -2.52. The molecule has 19 heavy (non-hydrogen) atoms. The van der Waals surface area contributed by atoms with Crippen molar-refractivity contribution in [3.63, 3.8) is 0 Å². The fourth-order valence-corrected chi connectivity index (χ4v) is 4.18. The lowest BCUT2D eigenvalue weighted by atomic mass is 9.52. The molecule has 3 nitrogen and oxygen atoms in total. The Morgan fingerprint density at radius 1 is 1.32 bits per heavy atom. The van der Waals surface area contributed by atoms with Crippen LogP contribution in [0.1, 0.15) is 40.0 Å². The fourth-order valence-electron chi connectivity index (χ4n) is 4.18. The highest BCUT2D eigenvalue weighted by Gasteiger charge is 2.53. The third-order valence-electron chi connectivity index (χ3n) is 5.27. The molecular formula is C16H24N2O. The van der Waals surface area contributed by atoms with Crippen LogP contribution in [0.25, 0.3) is 4.85 Å². The normalized spacial score (nSPS) is 37.5. The fraction of sp³-hybridized carbons (Fsp3) is 0.750. The minimum atomic E-state index is -0.402. The molecule has 104 valence electrons. The molecule has 0 aromatic heterocycles. The van der Waals surface area contributed by atoms with Crippen molar-refractivity contribution in [1.29, 1.82) is 0 Å². The van der Waals surface area contributed by atoms with E-state index < -0.39 is 5.41 Å². The molecule has 0 aromatic rings. The summed E-state index contributed by atoms with van der Waals surface area (Å²) < 4.78 is 0. The van der Waals surface area contributed by atoms with Gasteiger partial charge in [-0.3, -0.25) is 0 Å². The molecule has 0 heterocycles. The molecule has 1 fully saturated rings. The van der Waals surface area contributed by atoms with Crippen molar-refractivity contribution in [2.75, 3.05) is 14.1 Å². The van der Waals surface area contributed by atoms with E-state index in [9.17, 15) is 4.79 Å².